The third kappa shape index (κ3) is 3.06. The van der Waals surface area contributed by atoms with E-state index in [9.17, 15) is 8.42 Å². The molecule has 3 nitrogen and oxygen atoms in total. The molecule has 0 amide bonds. The van der Waals surface area contributed by atoms with Crippen LogP contribution in [0, 0.1) is 6.92 Å². The zero-order valence-electron chi connectivity index (χ0n) is 9.05. The molecule has 0 radical (unpaired) electrons. The Morgan fingerprint density at radius 2 is 1.94 bits per heavy atom. The van der Waals surface area contributed by atoms with Crippen LogP contribution in [-0.2, 0) is 15.6 Å². The summed E-state index contributed by atoms with van der Waals surface area (Å²) in [6.45, 7) is 1.92. The standard InChI is InChI=1S/C11H10ClNO2S2/c1-8-2-4-10(5-3-8)17(14,15)7-9-6-13-11(12)16-9/h2-6H,7H2,1H3. The molecular weight excluding hydrogens is 278 g/mol. The van der Waals surface area contributed by atoms with Crippen molar-refractivity contribution in [1.29, 1.82) is 0 Å². The van der Waals surface area contributed by atoms with Gasteiger partial charge in [0.25, 0.3) is 0 Å². The summed E-state index contributed by atoms with van der Waals surface area (Å²) in [5.41, 5.74) is 1.03. The van der Waals surface area contributed by atoms with E-state index >= 15 is 0 Å². The van der Waals surface area contributed by atoms with Crippen molar-refractivity contribution in [2.24, 2.45) is 0 Å². The molecule has 0 aliphatic rings. The van der Waals surface area contributed by atoms with Crippen molar-refractivity contribution < 1.29 is 8.42 Å². The number of benzene rings is 1. The fourth-order valence-corrected chi connectivity index (χ4v) is 4.01. The number of halogens is 1. The molecule has 1 heterocycles. The zero-order chi connectivity index (χ0) is 12.5. The lowest BCUT2D eigenvalue weighted by Gasteiger charge is -2.02. The highest BCUT2D eigenvalue weighted by molar-refractivity contribution is 7.90. The smallest absolute Gasteiger partial charge is 0.183 e. The van der Waals surface area contributed by atoms with E-state index < -0.39 is 9.84 Å². The predicted molar refractivity (Wildman–Crippen MR) is 69.2 cm³/mol. The van der Waals surface area contributed by atoms with Crippen LogP contribution in [0.1, 0.15) is 10.4 Å². The third-order valence-corrected chi connectivity index (χ3v) is 5.22. The molecule has 0 aliphatic carbocycles. The summed E-state index contributed by atoms with van der Waals surface area (Å²) in [5.74, 6) is -0.0551. The Balaban J connectivity index is 2.28. The molecule has 0 fully saturated rings. The van der Waals surface area contributed by atoms with Crippen molar-refractivity contribution >= 4 is 32.8 Å². The van der Waals surface area contributed by atoms with Gasteiger partial charge in [0.15, 0.2) is 14.3 Å². The molecule has 1 aromatic heterocycles. The van der Waals surface area contributed by atoms with Gasteiger partial charge >= 0.3 is 0 Å². The SMILES string of the molecule is Cc1ccc(S(=O)(=O)Cc2cnc(Cl)s2)cc1. The van der Waals surface area contributed by atoms with Crippen LogP contribution in [0.2, 0.25) is 4.47 Å². The molecule has 0 unspecified atom stereocenters. The maximum Gasteiger partial charge on any atom is 0.183 e. The lowest BCUT2D eigenvalue weighted by atomic mass is 10.2. The molecule has 0 spiro atoms. The van der Waals surface area contributed by atoms with Gasteiger partial charge in [-0.15, -0.1) is 11.3 Å². The number of aromatic nitrogens is 1. The van der Waals surface area contributed by atoms with Crippen molar-refractivity contribution in [3.05, 3.63) is 45.4 Å². The van der Waals surface area contributed by atoms with E-state index in [1.54, 1.807) is 24.3 Å². The molecule has 0 aliphatic heterocycles. The van der Waals surface area contributed by atoms with Crippen LogP contribution in [0.15, 0.2) is 35.4 Å². The fourth-order valence-electron chi connectivity index (χ4n) is 1.37. The predicted octanol–water partition coefficient (Wildman–Crippen LogP) is 3.08. The average molecular weight is 288 g/mol. The highest BCUT2D eigenvalue weighted by Crippen LogP contribution is 2.23. The van der Waals surface area contributed by atoms with Crippen LogP contribution in [0.4, 0.5) is 0 Å². The van der Waals surface area contributed by atoms with Crippen LogP contribution in [0.25, 0.3) is 0 Å². The summed E-state index contributed by atoms with van der Waals surface area (Å²) in [5, 5.41) is 0. The molecule has 6 heteroatoms. The van der Waals surface area contributed by atoms with Crippen molar-refractivity contribution in [2.45, 2.75) is 17.6 Å². The van der Waals surface area contributed by atoms with Gasteiger partial charge in [-0.3, -0.25) is 0 Å². The number of aryl methyl sites for hydroxylation is 1. The molecule has 0 N–H and O–H groups in total. The van der Waals surface area contributed by atoms with Crippen LogP contribution < -0.4 is 0 Å². The van der Waals surface area contributed by atoms with Crippen LogP contribution in [0.5, 0.6) is 0 Å². The van der Waals surface area contributed by atoms with Crippen LogP contribution in [0.3, 0.4) is 0 Å². The van der Waals surface area contributed by atoms with Gasteiger partial charge in [0.05, 0.1) is 10.6 Å². The molecule has 0 saturated carbocycles. The Kier molecular flexibility index (Phi) is 3.51. The second-order valence-corrected chi connectivity index (χ2v) is 7.34. The second-order valence-electron chi connectivity index (χ2n) is 3.65. The van der Waals surface area contributed by atoms with Gasteiger partial charge in [0, 0.05) is 11.1 Å². The molecule has 1 aromatic carbocycles. The van der Waals surface area contributed by atoms with Gasteiger partial charge in [-0.1, -0.05) is 29.3 Å². The van der Waals surface area contributed by atoms with Gasteiger partial charge < -0.3 is 0 Å². The molecule has 0 saturated heterocycles. The minimum atomic E-state index is -3.30. The van der Waals surface area contributed by atoms with Crippen molar-refractivity contribution in [3.8, 4) is 0 Å². The highest BCUT2D eigenvalue weighted by atomic mass is 35.5. The average Bonchev–Trinajstić information content (AvgIpc) is 2.63. The summed E-state index contributed by atoms with van der Waals surface area (Å²) >= 11 is 6.86. The number of sulfone groups is 1. The number of thiazole rings is 1. The number of hydrogen-bond donors (Lipinski definition) is 0. The normalized spacial score (nSPS) is 11.6. The first kappa shape index (κ1) is 12.5. The largest absolute Gasteiger partial charge is 0.233 e. The quantitative estimate of drug-likeness (QED) is 0.871. The van der Waals surface area contributed by atoms with Crippen LogP contribution in [-0.4, -0.2) is 13.4 Å². The van der Waals surface area contributed by atoms with E-state index in [1.807, 2.05) is 6.92 Å². The number of nitrogens with zero attached hydrogens (tertiary/aromatic N) is 1. The summed E-state index contributed by atoms with van der Waals surface area (Å²) in [4.78, 5) is 4.80. The number of hydrogen-bond acceptors (Lipinski definition) is 4. The Hall–Kier alpha value is -0.910. The zero-order valence-corrected chi connectivity index (χ0v) is 11.4. The van der Waals surface area contributed by atoms with E-state index in [4.69, 9.17) is 11.6 Å². The molecule has 17 heavy (non-hydrogen) atoms. The summed E-state index contributed by atoms with van der Waals surface area (Å²) in [7, 11) is -3.30. The Labute approximate surface area is 109 Å². The van der Waals surface area contributed by atoms with Crippen molar-refractivity contribution in [2.75, 3.05) is 0 Å². The molecule has 2 aromatic rings. The fraction of sp³-hybridized carbons (Fsp3) is 0.182. The summed E-state index contributed by atoms with van der Waals surface area (Å²) in [6, 6.07) is 6.81. The lowest BCUT2D eigenvalue weighted by Crippen LogP contribution is -2.03. The second kappa shape index (κ2) is 4.76. The Morgan fingerprint density at radius 1 is 1.29 bits per heavy atom. The lowest BCUT2D eigenvalue weighted by molar-refractivity contribution is 0.595. The maximum absolute atomic E-state index is 12.1. The van der Waals surface area contributed by atoms with E-state index in [0.717, 1.165) is 5.56 Å². The van der Waals surface area contributed by atoms with E-state index in [0.29, 0.717) is 14.2 Å². The van der Waals surface area contributed by atoms with E-state index in [-0.39, 0.29) is 5.75 Å². The topological polar surface area (TPSA) is 47.0 Å². The Bertz CT molecular complexity index is 617. The number of rotatable bonds is 3. The molecule has 2 rings (SSSR count). The van der Waals surface area contributed by atoms with Gasteiger partial charge in [0.1, 0.15) is 0 Å². The van der Waals surface area contributed by atoms with Crippen LogP contribution >= 0.6 is 22.9 Å². The van der Waals surface area contributed by atoms with Gasteiger partial charge in [0.2, 0.25) is 0 Å². The van der Waals surface area contributed by atoms with Gasteiger partial charge in [-0.25, -0.2) is 13.4 Å². The first-order chi connectivity index (χ1) is 7.97. The monoisotopic (exact) mass is 287 g/mol. The van der Waals surface area contributed by atoms with E-state index in [2.05, 4.69) is 4.98 Å². The summed E-state index contributed by atoms with van der Waals surface area (Å²) in [6.07, 6.45) is 1.50. The summed E-state index contributed by atoms with van der Waals surface area (Å²) < 4.78 is 24.5. The van der Waals surface area contributed by atoms with Crippen molar-refractivity contribution in [3.63, 3.8) is 0 Å². The van der Waals surface area contributed by atoms with E-state index in [1.165, 1.54) is 17.5 Å². The van der Waals surface area contributed by atoms with Gasteiger partial charge in [-0.05, 0) is 19.1 Å². The highest BCUT2D eigenvalue weighted by Gasteiger charge is 2.16. The third-order valence-electron chi connectivity index (χ3n) is 2.24. The molecule has 0 atom stereocenters. The minimum Gasteiger partial charge on any atom is -0.233 e. The first-order valence-corrected chi connectivity index (χ1v) is 7.72. The Morgan fingerprint density at radius 3 is 2.47 bits per heavy atom. The molecule has 90 valence electrons. The molecule has 0 bridgehead atoms. The van der Waals surface area contributed by atoms with Crippen molar-refractivity contribution in [1.82, 2.24) is 4.98 Å². The minimum absolute atomic E-state index is 0.0551. The molecular formula is C11H10ClNO2S2. The van der Waals surface area contributed by atoms with Gasteiger partial charge in [-0.2, -0.15) is 0 Å². The first-order valence-electron chi connectivity index (χ1n) is 4.87. The maximum atomic E-state index is 12.1.